The Morgan fingerprint density at radius 3 is 3.00 bits per heavy atom. The lowest BCUT2D eigenvalue weighted by Crippen LogP contribution is -1.91. The molecule has 2 heteroatoms. The van der Waals surface area contributed by atoms with Gasteiger partial charge in [0, 0.05) is 17.6 Å². The van der Waals surface area contributed by atoms with Crippen molar-refractivity contribution in [2.24, 2.45) is 10.9 Å². The summed E-state index contributed by atoms with van der Waals surface area (Å²) in [6.07, 6.45) is 1.95. The van der Waals surface area contributed by atoms with Crippen LogP contribution in [0, 0.1) is 5.92 Å². The highest BCUT2D eigenvalue weighted by atomic mass is 32.1. The predicted molar refractivity (Wildman–Crippen MR) is 51.6 cm³/mol. The molecule has 1 heterocycles. The first-order valence-electron chi connectivity index (χ1n) is 3.82. The van der Waals surface area contributed by atoms with E-state index in [1.54, 1.807) is 11.3 Å². The van der Waals surface area contributed by atoms with E-state index in [9.17, 15) is 0 Å². The Kier molecular flexibility index (Phi) is 3.30. The molecule has 11 heavy (non-hydrogen) atoms. The van der Waals surface area contributed by atoms with E-state index in [1.165, 1.54) is 4.88 Å². The van der Waals surface area contributed by atoms with Crippen molar-refractivity contribution in [3.05, 3.63) is 22.4 Å². The lowest BCUT2D eigenvalue weighted by molar-refractivity contribution is 0.667. The zero-order chi connectivity index (χ0) is 8.10. The van der Waals surface area contributed by atoms with Crippen LogP contribution in [0.2, 0.25) is 0 Å². The van der Waals surface area contributed by atoms with Crippen LogP contribution in [0.15, 0.2) is 22.5 Å². The summed E-state index contributed by atoms with van der Waals surface area (Å²) in [7, 11) is 0. The summed E-state index contributed by atoms with van der Waals surface area (Å²) in [5, 5.41) is 2.07. The van der Waals surface area contributed by atoms with E-state index in [0.29, 0.717) is 5.92 Å². The number of hydrogen-bond acceptors (Lipinski definition) is 2. The fourth-order valence-corrected chi connectivity index (χ4v) is 1.33. The summed E-state index contributed by atoms with van der Waals surface area (Å²) >= 11 is 1.73. The maximum atomic E-state index is 4.30. The second kappa shape index (κ2) is 4.29. The molecule has 0 aromatic carbocycles. The van der Waals surface area contributed by atoms with E-state index < -0.39 is 0 Å². The third-order valence-corrected chi connectivity index (χ3v) is 2.04. The average Bonchev–Trinajstić information content (AvgIpc) is 2.39. The molecule has 0 aliphatic heterocycles. The molecule has 60 valence electrons. The molecule has 0 saturated heterocycles. The molecule has 0 spiro atoms. The van der Waals surface area contributed by atoms with Crippen molar-refractivity contribution in [3.63, 3.8) is 0 Å². The van der Waals surface area contributed by atoms with Gasteiger partial charge in [-0.15, -0.1) is 11.3 Å². The van der Waals surface area contributed by atoms with Gasteiger partial charge in [-0.05, 0) is 17.4 Å². The molecule has 0 N–H and O–H groups in total. The molecule has 0 fully saturated rings. The van der Waals surface area contributed by atoms with E-state index in [1.807, 2.05) is 12.3 Å². The van der Waals surface area contributed by atoms with Crippen LogP contribution in [0.3, 0.4) is 0 Å². The topological polar surface area (TPSA) is 12.4 Å². The molecule has 0 amide bonds. The lowest BCUT2D eigenvalue weighted by Gasteiger charge is -1.95. The summed E-state index contributed by atoms with van der Waals surface area (Å²) in [5.74, 6) is 0.659. The quantitative estimate of drug-likeness (QED) is 0.614. The maximum absolute atomic E-state index is 4.30. The Balaban J connectivity index is 2.37. The lowest BCUT2D eigenvalue weighted by atomic mass is 10.2. The zero-order valence-corrected chi connectivity index (χ0v) is 7.77. The van der Waals surface area contributed by atoms with Gasteiger partial charge in [0.15, 0.2) is 0 Å². The standard InChI is InChI=1S/C9H13NS/c1-8(2)6-10-7-9-4-3-5-11-9/h3-5,7-8H,6H2,1-2H3. The van der Waals surface area contributed by atoms with E-state index in [4.69, 9.17) is 0 Å². The van der Waals surface area contributed by atoms with Crippen LogP contribution >= 0.6 is 11.3 Å². The third kappa shape index (κ3) is 3.33. The fraction of sp³-hybridized carbons (Fsp3) is 0.444. The smallest absolute Gasteiger partial charge is 0.0448 e. The highest BCUT2D eigenvalue weighted by molar-refractivity contribution is 7.11. The van der Waals surface area contributed by atoms with Gasteiger partial charge in [0.1, 0.15) is 0 Å². The first kappa shape index (κ1) is 8.47. The second-order valence-corrected chi connectivity index (χ2v) is 3.88. The van der Waals surface area contributed by atoms with Crippen molar-refractivity contribution in [3.8, 4) is 0 Å². The SMILES string of the molecule is CC(C)CN=Cc1cccs1. The Bertz CT molecular complexity index is 211. The molecule has 1 aromatic rings. The van der Waals surface area contributed by atoms with Gasteiger partial charge >= 0.3 is 0 Å². The highest BCUT2D eigenvalue weighted by Crippen LogP contribution is 2.04. The largest absolute Gasteiger partial charge is 0.291 e. The van der Waals surface area contributed by atoms with E-state index >= 15 is 0 Å². The first-order valence-corrected chi connectivity index (χ1v) is 4.70. The number of thiophene rings is 1. The average molecular weight is 167 g/mol. The van der Waals surface area contributed by atoms with Crippen molar-refractivity contribution in [1.82, 2.24) is 0 Å². The van der Waals surface area contributed by atoms with Crippen molar-refractivity contribution >= 4 is 17.6 Å². The van der Waals surface area contributed by atoms with Crippen LogP contribution in [0.25, 0.3) is 0 Å². The molecule has 0 unspecified atom stereocenters. The molecule has 0 saturated carbocycles. The van der Waals surface area contributed by atoms with Gasteiger partial charge in [-0.3, -0.25) is 4.99 Å². The van der Waals surface area contributed by atoms with Gasteiger partial charge in [0.05, 0.1) is 0 Å². The fourth-order valence-electron chi connectivity index (χ4n) is 0.718. The van der Waals surface area contributed by atoms with Crippen LogP contribution in [0.1, 0.15) is 18.7 Å². The highest BCUT2D eigenvalue weighted by Gasteiger charge is 1.89. The van der Waals surface area contributed by atoms with E-state index in [0.717, 1.165) is 6.54 Å². The van der Waals surface area contributed by atoms with Gasteiger partial charge in [-0.2, -0.15) is 0 Å². The van der Waals surface area contributed by atoms with Gasteiger partial charge in [0.2, 0.25) is 0 Å². The Labute approximate surface area is 71.8 Å². The second-order valence-electron chi connectivity index (χ2n) is 2.90. The minimum absolute atomic E-state index is 0.659. The van der Waals surface area contributed by atoms with Crippen molar-refractivity contribution in [2.45, 2.75) is 13.8 Å². The molecule has 1 nitrogen and oxygen atoms in total. The number of rotatable bonds is 3. The minimum atomic E-state index is 0.659. The molecule has 0 bridgehead atoms. The third-order valence-electron chi connectivity index (χ3n) is 1.23. The molecule has 0 radical (unpaired) electrons. The first-order chi connectivity index (χ1) is 5.29. The Morgan fingerprint density at radius 1 is 1.64 bits per heavy atom. The number of hydrogen-bond donors (Lipinski definition) is 0. The summed E-state index contributed by atoms with van der Waals surface area (Å²) in [5.41, 5.74) is 0. The Morgan fingerprint density at radius 2 is 2.45 bits per heavy atom. The van der Waals surface area contributed by atoms with Crippen LogP contribution < -0.4 is 0 Å². The zero-order valence-electron chi connectivity index (χ0n) is 6.95. The number of aliphatic imine (C=N–C) groups is 1. The molecule has 0 aliphatic rings. The maximum Gasteiger partial charge on any atom is 0.0448 e. The monoisotopic (exact) mass is 167 g/mol. The molecule has 1 rings (SSSR count). The normalized spacial score (nSPS) is 11.5. The van der Waals surface area contributed by atoms with E-state index in [2.05, 4.69) is 30.3 Å². The predicted octanol–water partition coefficient (Wildman–Crippen LogP) is 2.82. The van der Waals surface area contributed by atoms with Gasteiger partial charge in [0.25, 0.3) is 0 Å². The van der Waals surface area contributed by atoms with Crippen LogP contribution in [0.4, 0.5) is 0 Å². The van der Waals surface area contributed by atoms with Gasteiger partial charge in [-0.25, -0.2) is 0 Å². The minimum Gasteiger partial charge on any atom is -0.291 e. The van der Waals surface area contributed by atoms with Gasteiger partial charge < -0.3 is 0 Å². The summed E-state index contributed by atoms with van der Waals surface area (Å²) in [6.45, 7) is 5.27. The summed E-state index contributed by atoms with van der Waals surface area (Å²) in [6, 6.07) is 4.12. The van der Waals surface area contributed by atoms with Crippen molar-refractivity contribution < 1.29 is 0 Å². The van der Waals surface area contributed by atoms with Crippen LogP contribution in [-0.2, 0) is 0 Å². The Hall–Kier alpha value is -0.630. The van der Waals surface area contributed by atoms with E-state index in [-0.39, 0.29) is 0 Å². The number of nitrogens with zero attached hydrogens (tertiary/aromatic N) is 1. The molecule has 0 aliphatic carbocycles. The van der Waals surface area contributed by atoms with Crippen molar-refractivity contribution in [1.29, 1.82) is 0 Å². The van der Waals surface area contributed by atoms with Crippen LogP contribution in [-0.4, -0.2) is 12.8 Å². The summed E-state index contributed by atoms with van der Waals surface area (Å²) < 4.78 is 0. The molecule has 1 aromatic heterocycles. The molecular formula is C9H13NS. The van der Waals surface area contributed by atoms with Gasteiger partial charge in [-0.1, -0.05) is 19.9 Å². The van der Waals surface area contributed by atoms with Crippen molar-refractivity contribution in [2.75, 3.05) is 6.54 Å². The van der Waals surface area contributed by atoms with Crippen LogP contribution in [0.5, 0.6) is 0 Å². The molecular weight excluding hydrogens is 154 g/mol. The summed E-state index contributed by atoms with van der Waals surface area (Å²) in [4.78, 5) is 5.54. The molecule has 0 atom stereocenters.